The van der Waals surface area contributed by atoms with Gasteiger partial charge in [0.05, 0.1) is 5.56 Å². The molecule has 0 spiro atoms. The second kappa shape index (κ2) is 7.22. The summed E-state index contributed by atoms with van der Waals surface area (Å²) in [5.74, 6) is 11.6. The first-order chi connectivity index (χ1) is 9.90. The fraction of sp³-hybridized carbons (Fsp3) is 0. The molecule has 0 aliphatic rings. The van der Waals surface area contributed by atoms with Crippen molar-refractivity contribution in [3.63, 3.8) is 0 Å². The van der Waals surface area contributed by atoms with Crippen LogP contribution in [0.15, 0.2) is 60.9 Å². The fourth-order valence-corrected chi connectivity index (χ4v) is 1.45. The van der Waals surface area contributed by atoms with Crippen LogP contribution in [-0.2, 0) is 0 Å². The Morgan fingerprint density at radius 3 is 2.35 bits per heavy atom. The highest BCUT2D eigenvalue weighted by Gasteiger charge is 1.94. The third-order valence-corrected chi connectivity index (χ3v) is 2.38. The Morgan fingerprint density at radius 2 is 1.65 bits per heavy atom. The van der Waals surface area contributed by atoms with Gasteiger partial charge < -0.3 is 0 Å². The molecular formula is C18H10N2. The molecule has 1 heterocycles. The van der Waals surface area contributed by atoms with Gasteiger partial charge in [0.15, 0.2) is 0 Å². The van der Waals surface area contributed by atoms with Gasteiger partial charge >= 0.3 is 0 Å². The Labute approximate surface area is 118 Å². The molecule has 0 aliphatic heterocycles. The zero-order valence-corrected chi connectivity index (χ0v) is 10.7. The van der Waals surface area contributed by atoms with Gasteiger partial charge in [0.1, 0.15) is 6.07 Å². The van der Waals surface area contributed by atoms with E-state index in [4.69, 9.17) is 5.26 Å². The first-order valence-electron chi connectivity index (χ1n) is 5.97. The van der Waals surface area contributed by atoms with Gasteiger partial charge in [-0.05, 0) is 36.4 Å². The van der Waals surface area contributed by atoms with Gasteiger partial charge in [-0.1, -0.05) is 35.8 Å². The summed E-state index contributed by atoms with van der Waals surface area (Å²) in [6.07, 6.45) is 6.75. The van der Waals surface area contributed by atoms with Gasteiger partial charge in [-0.2, -0.15) is 5.26 Å². The van der Waals surface area contributed by atoms with E-state index < -0.39 is 0 Å². The lowest BCUT2D eigenvalue weighted by molar-refractivity contribution is 1.31. The standard InChI is InChI=1S/C18H10N2/c19-14-18-12-6-5-11-17(18)10-4-2-1-3-8-16-9-7-13-20-15-16/h1-2,5-7,9,11-13,15H. The van der Waals surface area contributed by atoms with E-state index in [2.05, 4.69) is 34.7 Å². The lowest BCUT2D eigenvalue weighted by atomic mass is 10.1. The molecule has 0 saturated carbocycles. The maximum atomic E-state index is 8.92. The Bertz CT molecular complexity index is 773. The highest BCUT2D eigenvalue weighted by molar-refractivity contribution is 5.49. The third kappa shape index (κ3) is 3.88. The summed E-state index contributed by atoms with van der Waals surface area (Å²) in [6.45, 7) is 0. The van der Waals surface area contributed by atoms with Crippen molar-refractivity contribution in [3.8, 4) is 29.8 Å². The molecule has 2 nitrogen and oxygen atoms in total. The van der Waals surface area contributed by atoms with E-state index in [0.717, 1.165) is 11.1 Å². The molecule has 0 aliphatic carbocycles. The topological polar surface area (TPSA) is 36.7 Å². The summed E-state index contributed by atoms with van der Waals surface area (Å²) in [5, 5.41) is 8.92. The molecule has 0 radical (unpaired) electrons. The van der Waals surface area contributed by atoms with Gasteiger partial charge in [0.2, 0.25) is 0 Å². The first kappa shape index (κ1) is 13.2. The molecule has 0 fully saturated rings. The average molecular weight is 254 g/mol. The summed E-state index contributed by atoms with van der Waals surface area (Å²) in [6, 6.07) is 13.1. The minimum Gasteiger partial charge on any atom is -0.263 e. The fourth-order valence-electron chi connectivity index (χ4n) is 1.45. The Morgan fingerprint density at radius 1 is 0.900 bits per heavy atom. The number of benzene rings is 1. The molecule has 0 unspecified atom stereocenters. The van der Waals surface area contributed by atoms with Gasteiger partial charge in [-0.15, -0.1) is 0 Å². The summed E-state index contributed by atoms with van der Waals surface area (Å²) in [7, 11) is 0. The predicted octanol–water partition coefficient (Wildman–Crippen LogP) is 2.91. The van der Waals surface area contributed by atoms with Crippen molar-refractivity contribution in [2.24, 2.45) is 0 Å². The molecule has 0 saturated heterocycles. The van der Waals surface area contributed by atoms with E-state index in [1.807, 2.05) is 30.3 Å². The Balaban J connectivity index is 2.04. The monoisotopic (exact) mass is 254 g/mol. The molecule has 0 amide bonds. The predicted molar refractivity (Wildman–Crippen MR) is 78.3 cm³/mol. The molecule has 1 aromatic heterocycles. The number of hydrogen-bond acceptors (Lipinski definition) is 2. The van der Waals surface area contributed by atoms with Crippen LogP contribution >= 0.6 is 0 Å². The second-order valence-corrected chi connectivity index (χ2v) is 3.77. The molecule has 2 heteroatoms. The highest BCUT2D eigenvalue weighted by atomic mass is 14.6. The zero-order chi connectivity index (χ0) is 14.0. The van der Waals surface area contributed by atoms with Crippen LogP contribution in [0.4, 0.5) is 0 Å². The largest absolute Gasteiger partial charge is 0.263 e. The second-order valence-electron chi connectivity index (χ2n) is 3.77. The van der Waals surface area contributed by atoms with E-state index in [9.17, 15) is 0 Å². The van der Waals surface area contributed by atoms with E-state index in [1.165, 1.54) is 0 Å². The molecule has 2 rings (SSSR count). The molecule has 0 atom stereocenters. The van der Waals surface area contributed by atoms with Crippen molar-refractivity contribution in [1.29, 1.82) is 5.26 Å². The van der Waals surface area contributed by atoms with Crippen molar-refractivity contribution in [3.05, 3.63) is 77.6 Å². The minimum atomic E-state index is 0.579. The summed E-state index contributed by atoms with van der Waals surface area (Å²) < 4.78 is 0. The van der Waals surface area contributed by atoms with E-state index in [1.54, 1.807) is 30.6 Å². The number of rotatable bonds is 0. The van der Waals surface area contributed by atoms with Crippen LogP contribution in [0.3, 0.4) is 0 Å². The van der Waals surface area contributed by atoms with E-state index >= 15 is 0 Å². The Kier molecular flexibility index (Phi) is 4.75. The Hall–Kier alpha value is -3.28. The van der Waals surface area contributed by atoms with Crippen LogP contribution in [0.1, 0.15) is 16.7 Å². The SMILES string of the molecule is N#Cc1ccccc1C#CC=CC#Cc1cccnc1. The molecule has 0 bridgehead atoms. The maximum absolute atomic E-state index is 8.92. The smallest absolute Gasteiger partial charge is 0.100 e. The molecular weight excluding hydrogens is 244 g/mol. The van der Waals surface area contributed by atoms with Crippen molar-refractivity contribution >= 4 is 0 Å². The van der Waals surface area contributed by atoms with Crippen molar-refractivity contribution in [2.45, 2.75) is 0 Å². The molecule has 0 N–H and O–H groups in total. The number of pyridine rings is 1. The summed E-state index contributed by atoms with van der Waals surface area (Å²) >= 11 is 0. The van der Waals surface area contributed by atoms with Crippen molar-refractivity contribution in [1.82, 2.24) is 4.98 Å². The van der Waals surface area contributed by atoms with Crippen molar-refractivity contribution in [2.75, 3.05) is 0 Å². The van der Waals surface area contributed by atoms with Crippen LogP contribution < -0.4 is 0 Å². The van der Waals surface area contributed by atoms with Crippen LogP contribution in [0.2, 0.25) is 0 Å². The third-order valence-electron chi connectivity index (χ3n) is 2.38. The summed E-state index contributed by atoms with van der Waals surface area (Å²) in [5.41, 5.74) is 2.16. The van der Waals surface area contributed by atoms with Gasteiger partial charge in [0, 0.05) is 23.5 Å². The van der Waals surface area contributed by atoms with E-state index in [-0.39, 0.29) is 0 Å². The van der Waals surface area contributed by atoms with Crippen LogP contribution in [-0.4, -0.2) is 4.98 Å². The quantitative estimate of drug-likeness (QED) is 0.678. The number of nitrogens with zero attached hydrogens (tertiary/aromatic N) is 2. The van der Waals surface area contributed by atoms with Gasteiger partial charge in [-0.3, -0.25) is 4.98 Å². The maximum Gasteiger partial charge on any atom is 0.100 e. The molecule has 1 aromatic carbocycles. The highest BCUT2D eigenvalue weighted by Crippen LogP contribution is 2.04. The normalized spacial score (nSPS) is 8.95. The van der Waals surface area contributed by atoms with E-state index in [0.29, 0.717) is 5.56 Å². The zero-order valence-electron chi connectivity index (χ0n) is 10.7. The number of hydrogen-bond donors (Lipinski definition) is 0. The van der Waals surface area contributed by atoms with Crippen LogP contribution in [0.5, 0.6) is 0 Å². The molecule has 92 valence electrons. The van der Waals surface area contributed by atoms with Crippen LogP contribution in [0, 0.1) is 35.0 Å². The van der Waals surface area contributed by atoms with Gasteiger partial charge in [0.25, 0.3) is 0 Å². The number of aromatic nitrogens is 1. The first-order valence-corrected chi connectivity index (χ1v) is 5.97. The van der Waals surface area contributed by atoms with Gasteiger partial charge in [-0.25, -0.2) is 0 Å². The lowest BCUT2D eigenvalue weighted by Crippen LogP contribution is -1.80. The van der Waals surface area contributed by atoms with Crippen molar-refractivity contribution < 1.29 is 0 Å². The molecule has 20 heavy (non-hydrogen) atoms. The molecule has 2 aromatic rings. The number of allylic oxidation sites excluding steroid dienone is 2. The lowest BCUT2D eigenvalue weighted by Gasteiger charge is -1.91. The summed E-state index contributed by atoms with van der Waals surface area (Å²) in [4.78, 5) is 3.97. The number of nitriles is 1. The minimum absolute atomic E-state index is 0.579. The van der Waals surface area contributed by atoms with Crippen LogP contribution in [0.25, 0.3) is 0 Å². The average Bonchev–Trinajstić information content (AvgIpc) is 2.52.